The first kappa shape index (κ1) is 16.9. The van der Waals surface area contributed by atoms with Crippen LogP contribution >= 0.6 is 11.6 Å². The highest BCUT2D eigenvalue weighted by atomic mass is 35.5. The molecule has 8 heteroatoms. The summed E-state index contributed by atoms with van der Waals surface area (Å²) in [6, 6.07) is 6.78. The van der Waals surface area contributed by atoms with Gasteiger partial charge in [0, 0.05) is 23.7 Å². The molecule has 128 valence electrons. The molecule has 0 unspecified atom stereocenters. The maximum atomic E-state index is 12.8. The fourth-order valence-corrected chi connectivity index (χ4v) is 3.07. The lowest BCUT2D eigenvalue weighted by atomic mass is 10.1. The summed E-state index contributed by atoms with van der Waals surface area (Å²) in [5.74, 6) is 0.910. The molecule has 0 spiro atoms. The van der Waals surface area contributed by atoms with Gasteiger partial charge in [-0.25, -0.2) is 0 Å². The monoisotopic (exact) mass is 348 g/mol. The van der Waals surface area contributed by atoms with Gasteiger partial charge in [-0.2, -0.15) is 4.80 Å². The molecule has 0 radical (unpaired) electrons. The van der Waals surface area contributed by atoms with Crippen LogP contribution in [-0.4, -0.2) is 50.6 Å². The molecule has 3 rings (SSSR count). The Morgan fingerprint density at radius 2 is 2.17 bits per heavy atom. The lowest BCUT2D eigenvalue weighted by Crippen LogP contribution is -2.37. The quantitative estimate of drug-likeness (QED) is 0.889. The Morgan fingerprint density at radius 3 is 2.79 bits per heavy atom. The summed E-state index contributed by atoms with van der Waals surface area (Å²) >= 11 is 5.89. The molecule has 24 heavy (non-hydrogen) atoms. The minimum absolute atomic E-state index is 0.0357. The topological polar surface area (TPSA) is 89.9 Å². The summed E-state index contributed by atoms with van der Waals surface area (Å²) in [4.78, 5) is 16.0. The third kappa shape index (κ3) is 3.42. The zero-order valence-electron chi connectivity index (χ0n) is 13.6. The number of carbonyl (C=O) groups is 1. The molecule has 2 aromatic rings. The molecule has 2 heterocycles. The van der Waals surface area contributed by atoms with E-state index in [1.807, 2.05) is 24.0 Å². The van der Waals surface area contributed by atoms with E-state index in [1.54, 1.807) is 12.1 Å². The minimum Gasteiger partial charge on any atom is -0.340 e. The summed E-state index contributed by atoms with van der Waals surface area (Å²) in [5, 5.41) is 13.2. The van der Waals surface area contributed by atoms with E-state index in [4.69, 9.17) is 17.3 Å². The third-order valence-electron chi connectivity index (χ3n) is 4.41. The van der Waals surface area contributed by atoms with Gasteiger partial charge in [0.25, 0.3) is 0 Å². The first-order valence-corrected chi connectivity index (χ1v) is 8.54. The molecule has 1 aliphatic heterocycles. The zero-order valence-corrected chi connectivity index (χ0v) is 14.4. The van der Waals surface area contributed by atoms with E-state index in [0.29, 0.717) is 36.3 Å². The number of nitrogens with zero attached hydrogens (tertiary/aromatic N) is 5. The highest BCUT2D eigenvalue weighted by Gasteiger charge is 2.31. The number of amides is 1. The van der Waals surface area contributed by atoms with Crippen molar-refractivity contribution in [2.45, 2.75) is 25.8 Å². The molecule has 2 atom stereocenters. The van der Waals surface area contributed by atoms with Crippen molar-refractivity contribution in [2.24, 2.45) is 11.7 Å². The third-order valence-corrected chi connectivity index (χ3v) is 4.66. The van der Waals surface area contributed by atoms with E-state index in [9.17, 15) is 4.79 Å². The van der Waals surface area contributed by atoms with Crippen LogP contribution in [0.3, 0.4) is 0 Å². The fraction of sp³-hybridized carbons (Fsp3) is 0.500. The molecule has 1 saturated heterocycles. The SMILES string of the molecule is CC[C@@H](C(=O)N1CC[C@@H](CN)C1)n1nnc(-c2ccc(Cl)cc2)n1. The Hall–Kier alpha value is -1.99. The lowest BCUT2D eigenvalue weighted by Gasteiger charge is -2.21. The molecule has 7 nitrogen and oxygen atoms in total. The van der Waals surface area contributed by atoms with Gasteiger partial charge in [0.15, 0.2) is 6.04 Å². The summed E-state index contributed by atoms with van der Waals surface area (Å²) in [6.07, 6.45) is 1.57. The summed E-state index contributed by atoms with van der Waals surface area (Å²) in [5.41, 5.74) is 6.52. The van der Waals surface area contributed by atoms with Gasteiger partial charge >= 0.3 is 0 Å². The second-order valence-electron chi connectivity index (χ2n) is 6.04. The number of benzene rings is 1. The molecule has 0 aliphatic carbocycles. The molecule has 0 saturated carbocycles. The molecule has 1 aliphatic rings. The van der Waals surface area contributed by atoms with Crippen LogP contribution in [-0.2, 0) is 4.79 Å². The Kier molecular flexibility index (Phi) is 5.11. The number of aromatic nitrogens is 4. The van der Waals surface area contributed by atoms with Gasteiger partial charge in [0.2, 0.25) is 11.7 Å². The van der Waals surface area contributed by atoms with E-state index in [-0.39, 0.29) is 5.91 Å². The number of hydrogen-bond donors (Lipinski definition) is 1. The minimum atomic E-state index is -0.435. The van der Waals surface area contributed by atoms with E-state index >= 15 is 0 Å². The average molecular weight is 349 g/mol. The van der Waals surface area contributed by atoms with Gasteiger partial charge < -0.3 is 10.6 Å². The highest BCUT2D eigenvalue weighted by Crippen LogP contribution is 2.22. The van der Waals surface area contributed by atoms with Crippen LogP contribution in [0.4, 0.5) is 0 Å². The number of carbonyl (C=O) groups excluding carboxylic acids is 1. The number of hydrogen-bond acceptors (Lipinski definition) is 5. The van der Waals surface area contributed by atoms with Crippen molar-refractivity contribution < 1.29 is 4.79 Å². The molecule has 1 fully saturated rings. The number of rotatable bonds is 5. The van der Waals surface area contributed by atoms with Gasteiger partial charge in [-0.05, 0) is 54.8 Å². The Labute approximate surface area is 145 Å². The van der Waals surface area contributed by atoms with Crippen molar-refractivity contribution in [2.75, 3.05) is 19.6 Å². The van der Waals surface area contributed by atoms with Gasteiger partial charge in [-0.1, -0.05) is 18.5 Å². The Morgan fingerprint density at radius 1 is 1.42 bits per heavy atom. The fourth-order valence-electron chi connectivity index (χ4n) is 2.94. The lowest BCUT2D eigenvalue weighted by molar-refractivity contribution is -0.134. The molecule has 1 aromatic carbocycles. The largest absolute Gasteiger partial charge is 0.340 e. The maximum absolute atomic E-state index is 12.8. The second-order valence-corrected chi connectivity index (χ2v) is 6.48. The number of tetrazole rings is 1. The molecular weight excluding hydrogens is 328 g/mol. The number of halogens is 1. The Balaban J connectivity index is 1.76. The predicted molar refractivity (Wildman–Crippen MR) is 91.3 cm³/mol. The molecule has 1 amide bonds. The molecule has 1 aromatic heterocycles. The highest BCUT2D eigenvalue weighted by molar-refractivity contribution is 6.30. The van der Waals surface area contributed by atoms with E-state index in [2.05, 4.69) is 15.4 Å². The summed E-state index contributed by atoms with van der Waals surface area (Å²) in [7, 11) is 0. The van der Waals surface area contributed by atoms with Gasteiger partial charge in [-0.3, -0.25) is 4.79 Å². The van der Waals surface area contributed by atoms with Crippen molar-refractivity contribution in [3.05, 3.63) is 29.3 Å². The molecule has 0 bridgehead atoms. The van der Waals surface area contributed by atoms with E-state index in [0.717, 1.165) is 18.5 Å². The van der Waals surface area contributed by atoms with Crippen molar-refractivity contribution in [3.8, 4) is 11.4 Å². The first-order valence-electron chi connectivity index (χ1n) is 8.16. The van der Waals surface area contributed by atoms with Crippen molar-refractivity contribution in [1.82, 2.24) is 25.1 Å². The van der Waals surface area contributed by atoms with Crippen LogP contribution in [0, 0.1) is 5.92 Å². The van der Waals surface area contributed by atoms with Crippen LogP contribution in [0.5, 0.6) is 0 Å². The maximum Gasteiger partial charge on any atom is 0.249 e. The average Bonchev–Trinajstić information content (AvgIpc) is 3.25. The second kappa shape index (κ2) is 7.27. The molecule has 2 N–H and O–H groups in total. The normalized spacial score (nSPS) is 18.8. The van der Waals surface area contributed by atoms with Crippen molar-refractivity contribution >= 4 is 17.5 Å². The van der Waals surface area contributed by atoms with Gasteiger partial charge in [0.05, 0.1) is 0 Å². The van der Waals surface area contributed by atoms with Gasteiger partial charge in [-0.15, -0.1) is 10.2 Å². The molecular formula is C16H21ClN6O. The Bertz CT molecular complexity index is 701. The van der Waals surface area contributed by atoms with E-state index in [1.165, 1.54) is 4.80 Å². The standard InChI is InChI=1S/C16H21ClN6O/c1-2-14(16(24)22-8-7-11(9-18)10-22)23-20-15(19-21-23)12-3-5-13(17)6-4-12/h3-6,11,14H,2,7-10,18H2,1H3/t11-,14-/m0/s1. The van der Waals surface area contributed by atoms with Crippen molar-refractivity contribution in [1.29, 1.82) is 0 Å². The van der Waals surface area contributed by atoms with Crippen LogP contribution in [0.25, 0.3) is 11.4 Å². The van der Waals surface area contributed by atoms with Crippen molar-refractivity contribution in [3.63, 3.8) is 0 Å². The zero-order chi connectivity index (χ0) is 17.1. The van der Waals surface area contributed by atoms with Gasteiger partial charge in [0.1, 0.15) is 0 Å². The van der Waals surface area contributed by atoms with E-state index < -0.39 is 6.04 Å². The predicted octanol–water partition coefficient (Wildman–Crippen LogP) is 1.75. The summed E-state index contributed by atoms with van der Waals surface area (Å²) < 4.78 is 0. The van der Waals surface area contributed by atoms with Crippen LogP contribution in [0.1, 0.15) is 25.8 Å². The van der Waals surface area contributed by atoms with Crippen LogP contribution in [0.15, 0.2) is 24.3 Å². The van der Waals surface area contributed by atoms with Crippen LogP contribution in [0.2, 0.25) is 5.02 Å². The first-order chi connectivity index (χ1) is 11.6. The summed E-state index contributed by atoms with van der Waals surface area (Å²) in [6.45, 7) is 4.02. The number of likely N-dealkylation sites (tertiary alicyclic amines) is 1. The smallest absolute Gasteiger partial charge is 0.249 e. The number of nitrogens with two attached hydrogens (primary N) is 1. The van der Waals surface area contributed by atoms with Crippen LogP contribution < -0.4 is 5.73 Å².